The summed E-state index contributed by atoms with van der Waals surface area (Å²) < 4.78 is 10.7. The topological polar surface area (TPSA) is 61.0 Å². The van der Waals surface area contributed by atoms with Gasteiger partial charge in [0.25, 0.3) is 0 Å². The van der Waals surface area contributed by atoms with Gasteiger partial charge < -0.3 is 14.1 Å². The Morgan fingerprint density at radius 2 is 2.11 bits per heavy atom. The van der Waals surface area contributed by atoms with E-state index in [0.29, 0.717) is 18.1 Å². The fourth-order valence-corrected chi connectivity index (χ4v) is 4.20. The third-order valence-electron chi connectivity index (χ3n) is 5.52. The number of fused-ring (bicyclic) bond motifs is 1. The van der Waals surface area contributed by atoms with Gasteiger partial charge >= 0.3 is 11.6 Å². The molecule has 1 N–H and O–H groups in total. The number of benzene rings is 1. The largest absolute Gasteiger partial charge is 0.466 e. The molecule has 0 amide bonds. The third-order valence-corrected chi connectivity index (χ3v) is 5.52. The molecule has 146 valence electrons. The van der Waals surface area contributed by atoms with Crippen LogP contribution in [0.25, 0.3) is 11.0 Å². The van der Waals surface area contributed by atoms with Gasteiger partial charge in [0.05, 0.1) is 19.7 Å². The van der Waals surface area contributed by atoms with Gasteiger partial charge in [0.15, 0.2) is 0 Å². The number of nitrogens with one attached hydrogen (secondary N) is 1. The minimum atomic E-state index is -0.312. The first-order chi connectivity index (χ1) is 12.9. The van der Waals surface area contributed by atoms with E-state index in [-0.39, 0.29) is 17.5 Å². The number of carbonyl (C=O) groups is 1. The first-order valence-corrected chi connectivity index (χ1v) is 9.96. The van der Waals surface area contributed by atoms with E-state index in [4.69, 9.17) is 9.15 Å². The van der Waals surface area contributed by atoms with Gasteiger partial charge in [0.2, 0.25) is 0 Å². The van der Waals surface area contributed by atoms with E-state index in [9.17, 15) is 9.59 Å². The molecular formula is C22H30NO4+. The van der Waals surface area contributed by atoms with E-state index in [1.165, 1.54) is 10.5 Å². The second-order valence-corrected chi connectivity index (χ2v) is 7.92. The zero-order valence-electron chi connectivity index (χ0n) is 16.8. The van der Waals surface area contributed by atoms with Gasteiger partial charge in [0.1, 0.15) is 18.0 Å². The van der Waals surface area contributed by atoms with Gasteiger partial charge in [-0.25, -0.2) is 4.79 Å². The predicted octanol–water partition coefficient (Wildman–Crippen LogP) is 2.58. The van der Waals surface area contributed by atoms with Gasteiger partial charge in [-0.05, 0) is 55.9 Å². The summed E-state index contributed by atoms with van der Waals surface area (Å²) in [6.45, 7) is 11.1. The highest BCUT2D eigenvalue weighted by Crippen LogP contribution is 2.26. The fourth-order valence-electron chi connectivity index (χ4n) is 4.20. The Kier molecular flexibility index (Phi) is 6.00. The van der Waals surface area contributed by atoms with E-state index < -0.39 is 0 Å². The molecule has 0 spiro atoms. The number of rotatable bonds is 5. The van der Waals surface area contributed by atoms with Gasteiger partial charge in [-0.3, -0.25) is 4.79 Å². The number of quaternary nitrogens is 1. The third kappa shape index (κ3) is 4.41. The maximum Gasteiger partial charge on any atom is 0.336 e. The monoisotopic (exact) mass is 372 g/mol. The van der Waals surface area contributed by atoms with E-state index >= 15 is 0 Å². The average Bonchev–Trinajstić information content (AvgIpc) is 2.61. The smallest absolute Gasteiger partial charge is 0.336 e. The maximum atomic E-state index is 12.1. The van der Waals surface area contributed by atoms with Crippen LogP contribution in [-0.2, 0) is 16.1 Å². The number of carbonyl (C=O) groups excluding carboxylic acids is 1. The molecule has 1 aromatic carbocycles. The fraction of sp³-hybridized carbons (Fsp3) is 0.545. The van der Waals surface area contributed by atoms with Crippen LogP contribution < -0.4 is 10.5 Å². The summed E-state index contributed by atoms with van der Waals surface area (Å²) in [6, 6.07) is 5.76. The van der Waals surface area contributed by atoms with Crippen LogP contribution in [0.3, 0.4) is 0 Å². The Hall–Kier alpha value is -2.14. The molecule has 5 nitrogen and oxygen atoms in total. The summed E-state index contributed by atoms with van der Waals surface area (Å²) in [5.74, 6) is 0.267. The quantitative estimate of drug-likeness (QED) is 0.647. The van der Waals surface area contributed by atoms with Crippen molar-refractivity contribution in [1.82, 2.24) is 0 Å². The van der Waals surface area contributed by atoms with E-state index in [0.717, 1.165) is 49.0 Å². The summed E-state index contributed by atoms with van der Waals surface area (Å²) in [5, 5.41) is 1.01. The van der Waals surface area contributed by atoms with Crippen molar-refractivity contribution in [3.05, 3.63) is 45.3 Å². The number of hydrogen-bond donors (Lipinski definition) is 1. The second-order valence-electron chi connectivity index (χ2n) is 7.92. The zero-order valence-corrected chi connectivity index (χ0v) is 16.8. The lowest BCUT2D eigenvalue weighted by molar-refractivity contribution is -0.921. The van der Waals surface area contributed by atoms with Crippen LogP contribution in [0.15, 0.2) is 27.4 Å². The Morgan fingerprint density at radius 3 is 2.81 bits per heavy atom. The molecule has 1 aliphatic heterocycles. The molecular weight excluding hydrogens is 342 g/mol. The van der Waals surface area contributed by atoms with Crippen molar-refractivity contribution in [3.8, 4) is 0 Å². The standard InChI is InChI=1S/C22H29NO4/c1-5-26-22(25)16-7-6-8-23(12-16)13-17-10-21(24)27-20-9-15(4)18(14(2)3)11-19(17)20/h9-11,14,16H,5-8,12-13H2,1-4H3/p+1/t16-/m0/s1. The zero-order chi connectivity index (χ0) is 19.6. The van der Waals surface area contributed by atoms with Crippen LogP contribution in [-0.4, -0.2) is 25.7 Å². The SMILES string of the molecule is CCOC(=O)[C@H]1CCC[NH+](Cc2cc(=O)oc3cc(C)c(C(C)C)cc23)C1. The van der Waals surface area contributed by atoms with Crippen LogP contribution in [0.2, 0.25) is 0 Å². The Morgan fingerprint density at radius 1 is 1.33 bits per heavy atom. The van der Waals surface area contributed by atoms with Crippen molar-refractivity contribution < 1.29 is 18.8 Å². The summed E-state index contributed by atoms with van der Waals surface area (Å²) in [7, 11) is 0. The van der Waals surface area contributed by atoms with Crippen LogP contribution in [0.1, 0.15) is 56.2 Å². The number of aryl methyl sites for hydroxylation is 1. The number of piperidine rings is 1. The van der Waals surface area contributed by atoms with E-state index in [1.54, 1.807) is 6.07 Å². The Balaban J connectivity index is 1.90. The molecule has 1 aliphatic rings. The lowest BCUT2D eigenvalue weighted by Gasteiger charge is -2.29. The first-order valence-electron chi connectivity index (χ1n) is 9.96. The number of likely N-dealkylation sites (tertiary alicyclic amines) is 1. The van der Waals surface area contributed by atoms with Crippen LogP contribution in [0.4, 0.5) is 0 Å². The lowest BCUT2D eigenvalue weighted by Crippen LogP contribution is -3.12. The van der Waals surface area contributed by atoms with Gasteiger partial charge in [-0.1, -0.05) is 13.8 Å². The van der Waals surface area contributed by atoms with Crippen molar-refractivity contribution in [2.75, 3.05) is 19.7 Å². The van der Waals surface area contributed by atoms with Crippen molar-refractivity contribution >= 4 is 16.9 Å². The summed E-state index contributed by atoms with van der Waals surface area (Å²) in [6.07, 6.45) is 1.88. The second kappa shape index (κ2) is 8.26. The van der Waals surface area contributed by atoms with Crippen LogP contribution in [0.5, 0.6) is 0 Å². The highest BCUT2D eigenvalue weighted by atomic mass is 16.5. The highest BCUT2D eigenvalue weighted by Gasteiger charge is 2.30. The van der Waals surface area contributed by atoms with E-state index in [1.807, 2.05) is 13.0 Å². The molecule has 0 saturated carbocycles. The minimum Gasteiger partial charge on any atom is -0.466 e. The van der Waals surface area contributed by atoms with Crippen molar-refractivity contribution in [3.63, 3.8) is 0 Å². The minimum absolute atomic E-state index is 0.0476. The maximum absolute atomic E-state index is 12.1. The molecule has 3 rings (SSSR count). The molecule has 2 aromatic rings. The molecule has 5 heteroatoms. The molecule has 2 atom stereocenters. The van der Waals surface area contributed by atoms with Crippen LogP contribution in [0, 0.1) is 12.8 Å². The van der Waals surface area contributed by atoms with Gasteiger partial charge in [-0.15, -0.1) is 0 Å². The molecule has 2 heterocycles. The number of hydrogen-bond acceptors (Lipinski definition) is 4. The first kappa shape index (κ1) is 19.6. The molecule has 0 bridgehead atoms. The summed E-state index contributed by atoms with van der Waals surface area (Å²) in [5.41, 5.74) is 3.76. The van der Waals surface area contributed by atoms with Crippen molar-refractivity contribution in [2.45, 2.75) is 53.0 Å². The van der Waals surface area contributed by atoms with Gasteiger partial charge in [-0.2, -0.15) is 0 Å². The molecule has 1 unspecified atom stereocenters. The predicted molar refractivity (Wildman–Crippen MR) is 105 cm³/mol. The van der Waals surface area contributed by atoms with Gasteiger partial charge in [0, 0.05) is 17.0 Å². The Bertz CT molecular complexity index is 884. The number of ether oxygens (including phenoxy) is 1. The molecule has 0 radical (unpaired) electrons. The lowest BCUT2D eigenvalue weighted by atomic mass is 9.94. The average molecular weight is 372 g/mol. The molecule has 0 aliphatic carbocycles. The van der Waals surface area contributed by atoms with E-state index in [2.05, 4.69) is 26.8 Å². The molecule has 27 heavy (non-hydrogen) atoms. The molecule has 1 aromatic heterocycles. The normalized spacial score (nSPS) is 20.2. The summed E-state index contributed by atoms with van der Waals surface area (Å²) in [4.78, 5) is 25.5. The number of esters is 1. The van der Waals surface area contributed by atoms with Crippen LogP contribution >= 0.6 is 0 Å². The van der Waals surface area contributed by atoms with Crippen molar-refractivity contribution in [2.24, 2.45) is 5.92 Å². The molecule has 1 fully saturated rings. The molecule has 1 saturated heterocycles. The summed E-state index contributed by atoms with van der Waals surface area (Å²) >= 11 is 0. The highest BCUT2D eigenvalue weighted by molar-refractivity contribution is 5.82. The Labute approximate surface area is 160 Å². The van der Waals surface area contributed by atoms with Crippen molar-refractivity contribution in [1.29, 1.82) is 0 Å².